The van der Waals surface area contributed by atoms with E-state index in [1.807, 2.05) is 0 Å². The van der Waals surface area contributed by atoms with Gasteiger partial charge in [-0.3, -0.25) is 0 Å². The van der Waals surface area contributed by atoms with E-state index in [2.05, 4.69) is 69.2 Å². The molecule has 0 aliphatic rings. The van der Waals surface area contributed by atoms with Gasteiger partial charge in [0.1, 0.15) is 0 Å². The average Bonchev–Trinajstić information content (AvgIpc) is 2.39. The van der Waals surface area contributed by atoms with Crippen LogP contribution in [0.15, 0.2) is 24.3 Å². The van der Waals surface area contributed by atoms with E-state index in [9.17, 15) is 0 Å². The zero-order valence-corrected chi connectivity index (χ0v) is 13.2. The number of hydrogen-bond donors (Lipinski definition) is 1. The molecule has 0 aliphatic carbocycles. The molecule has 108 valence electrons. The highest BCUT2D eigenvalue weighted by Crippen LogP contribution is 2.18. The van der Waals surface area contributed by atoms with E-state index in [4.69, 9.17) is 0 Å². The van der Waals surface area contributed by atoms with Crippen LogP contribution in [0.4, 0.5) is 0 Å². The van der Waals surface area contributed by atoms with Crippen molar-refractivity contribution in [2.75, 3.05) is 20.1 Å². The van der Waals surface area contributed by atoms with Crippen LogP contribution < -0.4 is 5.32 Å². The summed E-state index contributed by atoms with van der Waals surface area (Å²) in [6, 6.07) is 10.0. The van der Waals surface area contributed by atoms with Crippen LogP contribution in [-0.4, -0.2) is 31.1 Å². The second-order valence-corrected chi connectivity index (χ2v) is 5.78. The monoisotopic (exact) mass is 262 g/mol. The second kappa shape index (κ2) is 8.34. The lowest BCUT2D eigenvalue weighted by Gasteiger charge is -2.25. The lowest BCUT2D eigenvalue weighted by molar-refractivity contribution is 0.256. The first-order valence-electron chi connectivity index (χ1n) is 7.54. The van der Waals surface area contributed by atoms with Crippen LogP contribution in [0.25, 0.3) is 0 Å². The maximum absolute atomic E-state index is 3.67. The molecule has 0 saturated heterocycles. The van der Waals surface area contributed by atoms with Crippen LogP contribution in [0.3, 0.4) is 0 Å². The predicted octanol–water partition coefficient (Wildman–Crippen LogP) is 3.77. The van der Waals surface area contributed by atoms with Crippen molar-refractivity contribution in [1.29, 1.82) is 0 Å². The molecule has 0 bridgehead atoms. The molecule has 0 spiro atoms. The van der Waals surface area contributed by atoms with E-state index in [1.54, 1.807) is 0 Å². The Bertz CT molecular complexity index is 343. The lowest BCUT2D eigenvalue weighted by atomic mass is 10.0. The number of aryl methyl sites for hydroxylation is 1. The standard InChI is InChI=1S/C17H30N2/c1-6-12-18-17(11-13-19(5)14(2)3)16-9-7-15(4)8-10-16/h7-10,14,17-18H,6,11-13H2,1-5H3. The Morgan fingerprint density at radius 3 is 2.32 bits per heavy atom. The summed E-state index contributed by atoms with van der Waals surface area (Å²) in [5, 5.41) is 3.67. The molecule has 0 radical (unpaired) electrons. The number of nitrogens with one attached hydrogen (secondary N) is 1. The van der Waals surface area contributed by atoms with Crippen LogP contribution in [0.1, 0.15) is 50.8 Å². The third-order valence-corrected chi connectivity index (χ3v) is 3.77. The first-order chi connectivity index (χ1) is 9.04. The summed E-state index contributed by atoms with van der Waals surface area (Å²) in [4.78, 5) is 2.41. The van der Waals surface area contributed by atoms with Gasteiger partial charge in [-0.25, -0.2) is 0 Å². The Hall–Kier alpha value is -0.860. The van der Waals surface area contributed by atoms with E-state index in [0.717, 1.165) is 19.5 Å². The maximum atomic E-state index is 3.67. The second-order valence-electron chi connectivity index (χ2n) is 5.78. The Kier molecular flexibility index (Phi) is 7.11. The molecule has 19 heavy (non-hydrogen) atoms. The maximum Gasteiger partial charge on any atom is 0.0332 e. The van der Waals surface area contributed by atoms with Gasteiger partial charge in [-0.2, -0.15) is 0 Å². The molecular formula is C17H30N2. The van der Waals surface area contributed by atoms with Crippen molar-refractivity contribution in [2.24, 2.45) is 0 Å². The first kappa shape index (κ1) is 16.2. The molecule has 1 aromatic carbocycles. The van der Waals surface area contributed by atoms with Crippen LogP contribution in [0, 0.1) is 6.92 Å². The van der Waals surface area contributed by atoms with Crippen LogP contribution in [-0.2, 0) is 0 Å². The van der Waals surface area contributed by atoms with Crippen molar-refractivity contribution in [3.63, 3.8) is 0 Å². The summed E-state index contributed by atoms with van der Waals surface area (Å²) in [5.74, 6) is 0. The summed E-state index contributed by atoms with van der Waals surface area (Å²) in [7, 11) is 2.21. The minimum absolute atomic E-state index is 0.474. The Morgan fingerprint density at radius 2 is 1.79 bits per heavy atom. The Labute approximate surface area is 119 Å². The van der Waals surface area contributed by atoms with Gasteiger partial charge in [0.15, 0.2) is 0 Å². The summed E-state index contributed by atoms with van der Waals surface area (Å²) >= 11 is 0. The molecule has 0 heterocycles. The number of nitrogens with zero attached hydrogens (tertiary/aromatic N) is 1. The minimum atomic E-state index is 0.474. The minimum Gasteiger partial charge on any atom is -0.310 e. The van der Waals surface area contributed by atoms with E-state index in [0.29, 0.717) is 12.1 Å². The number of hydrogen-bond acceptors (Lipinski definition) is 2. The quantitative estimate of drug-likeness (QED) is 0.767. The van der Waals surface area contributed by atoms with Crippen molar-refractivity contribution in [1.82, 2.24) is 10.2 Å². The van der Waals surface area contributed by atoms with Gasteiger partial charge in [0.2, 0.25) is 0 Å². The van der Waals surface area contributed by atoms with Crippen LogP contribution in [0.2, 0.25) is 0 Å². The van der Waals surface area contributed by atoms with E-state index in [1.165, 1.54) is 17.5 Å². The highest BCUT2D eigenvalue weighted by Gasteiger charge is 2.12. The van der Waals surface area contributed by atoms with Gasteiger partial charge in [0, 0.05) is 12.1 Å². The van der Waals surface area contributed by atoms with Gasteiger partial charge < -0.3 is 10.2 Å². The highest BCUT2D eigenvalue weighted by atomic mass is 15.1. The Morgan fingerprint density at radius 1 is 1.16 bits per heavy atom. The fourth-order valence-corrected chi connectivity index (χ4v) is 2.09. The van der Waals surface area contributed by atoms with E-state index in [-0.39, 0.29) is 0 Å². The zero-order chi connectivity index (χ0) is 14.3. The molecule has 1 N–H and O–H groups in total. The molecule has 0 aromatic heterocycles. The molecule has 0 aliphatic heterocycles. The van der Waals surface area contributed by atoms with Gasteiger partial charge in [0.25, 0.3) is 0 Å². The van der Waals surface area contributed by atoms with Crippen LogP contribution >= 0.6 is 0 Å². The van der Waals surface area contributed by atoms with Crippen molar-refractivity contribution in [3.05, 3.63) is 35.4 Å². The van der Waals surface area contributed by atoms with Crippen molar-refractivity contribution < 1.29 is 0 Å². The largest absolute Gasteiger partial charge is 0.310 e. The summed E-state index contributed by atoms with van der Waals surface area (Å²) in [6.45, 7) is 11.1. The van der Waals surface area contributed by atoms with Crippen molar-refractivity contribution in [2.45, 2.75) is 52.6 Å². The molecule has 1 unspecified atom stereocenters. The smallest absolute Gasteiger partial charge is 0.0332 e. The normalized spacial score (nSPS) is 13.2. The number of benzene rings is 1. The molecule has 1 rings (SSSR count). The molecule has 1 atom stereocenters. The number of rotatable bonds is 8. The topological polar surface area (TPSA) is 15.3 Å². The summed E-state index contributed by atoms with van der Waals surface area (Å²) < 4.78 is 0. The average molecular weight is 262 g/mol. The molecule has 0 amide bonds. The highest BCUT2D eigenvalue weighted by molar-refractivity contribution is 5.24. The van der Waals surface area contributed by atoms with Gasteiger partial charge in [-0.05, 0) is 59.3 Å². The van der Waals surface area contributed by atoms with Gasteiger partial charge >= 0.3 is 0 Å². The molecule has 0 fully saturated rings. The predicted molar refractivity (Wildman–Crippen MR) is 84.6 cm³/mol. The Balaban J connectivity index is 2.63. The molecule has 0 saturated carbocycles. The summed E-state index contributed by atoms with van der Waals surface area (Å²) in [6.07, 6.45) is 2.35. The third-order valence-electron chi connectivity index (χ3n) is 3.77. The molecule has 2 heteroatoms. The SMILES string of the molecule is CCCNC(CCN(C)C(C)C)c1ccc(C)cc1. The zero-order valence-electron chi connectivity index (χ0n) is 13.2. The van der Waals surface area contributed by atoms with E-state index >= 15 is 0 Å². The van der Waals surface area contributed by atoms with Gasteiger partial charge in [0.05, 0.1) is 0 Å². The first-order valence-corrected chi connectivity index (χ1v) is 7.54. The molecular weight excluding hydrogens is 232 g/mol. The van der Waals surface area contributed by atoms with Crippen molar-refractivity contribution >= 4 is 0 Å². The molecule has 1 aromatic rings. The van der Waals surface area contributed by atoms with Crippen molar-refractivity contribution in [3.8, 4) is 0 Å². The fraction of sp³-hybridized carbons (Fsp3) is 0.647. The molecule has 2 nitrogen and oxygen atoms in total. The lowest BCUT2D eigenvalue weighted by Crippen LogP contribution is -2.31. The fourth-order valence-electron chi connectivity index (χ4n) is 2.09. The van der Waals surface area contributed by atoms with E-state index < -0.39 is 0 Å². The van der Waals surface area contributed by atoms with Gasteiger partial charge in [-0.1, -0.05) is 36.8 Å². The van der Waals surface area contributed by atoms with Gasteiger partial charge in [-0.15, -0.1) is 0 Å². The summed E-state index contributed by atoms with van der Waals surface area (Å²) in [5.41, 5.74) is 2.74. The third kappa shape index (κ3) is 5.75. The van der Waals surface area contributed by atoms with Crippen LogP contribution in [0.5, 0.6) is 0 Å².